The van der Waals surface area contributed by atoms with E-state index in [0.717, 1.165) is 12.7 Å². The minimum Gasteiger partial charge on any atom is -0.468 e. The number of aliphatic imine (C=N–C) groups is 1. The number of rotatable bonds is 10. The lowest BCUT2D eigenvalue weighted by molar-refractivity contribution is -0.142. The quantitative estimate of drug-likeness (QED) is 0.208. The Balaban J connectivity index is 1.54. The molecule has 1 aliphatic rings. The van der Waals surface area contributed by atoms with Crippen molar-refractivity contribution in [2.45, 2.75) is 63.2 Å². The molecule has 1 heterocycles. The Morgan fingerprint density at radius 1 is 1.14 bits per heavy atom. The number of sulfonamides is 1. The molecule has 0 aliphatic carbocycles. The first-order valence-electron chi connectivity index (χ1n) is 13.0. The van der Waals surface area contributed by atoms with Crippen LogP contribution in [0.5, 0.6) is 0 Å². The maximum absolute atomic E-state index is 12.8. The summed E-state index contributed by atoms with van der Waals surface area (Å²) in [5.74, 6) is -1.32. The molecule has 0 bridgehead atoms. The number of carbonyl (C=O) groups excluding carboxylic acids is 3. The van der Waals surface area contributed by atoms with E-state index in [0.29, 0.717) is 23.3 Å². The first kappa shape index (κ1) is 32.2. The van der Waals surface area contributed by atoms with Crippen LogP contribution in [0, 0.1) is 6.92 Å². The molecule has 0 spiro atoms. The van der Waals surface area contributed by atoms with Crippen molar-refractivity contribution in [2.24, 2.45) is 15.9 Å². The number of nitrogens with one attached hydrogen (secondary N) is 2. The van der Waals surface area contributed by atoms with Crippen molar-refractivity contribution < 1.29 is 37.1 Å². The van der Waals surface area contributed by atoms with E-state index in [1.54, 1.807) is 70.2 Å². The third kappa shape index (κ3) is 9.11. The van der Waals surface area contributed by atoms with E-state index in [1.807, 2.05) is 0 Å². The molecule has 0 saturated carbocycles. The van der Waals surface area contributed by atoms with Crippen molar-refractivity contribution in [1.29, 1.82) is 0 Å². The second kappa shape index (κ2) is 13.6. The third-order valence-electron chi connectivity index (χ3n) is 5.93. The van der Waals surface area contributed by atoms with Crippen molar-refractivity contribution in [1.82, 2.24) is 10.0 Å². The van der Waals surface area contributed by atoms with Crippen LogP contribution >= 0.6 is 0 Å². The lowest BCUT2D eigenvalue weighted by atomic mass is 10.0. The zero-order valence-corrected chi connectivity index (χ0v) is 24.9. The second-order valence-corrected chi connectivity index (χ2v) is 12.2. The molecule has 42 heavy (non-hydrogen) atoms. The van der Waals surface area contributed by atoms with E-state index >= 15 is 0 Å². The SMILES string of the molecule is COC(=O)[C@H](CNC(=O)CC1CC(c2ccc(/C(N)=N/C(=O)OC(C)(C)C)cc2)=NO1)NS(=O)(=O)c1ccccc1C. The van der Waals surface area contributed by atoms with Gasteiger partial charge in [-0.3, -0.25) is 9.59 Å². The van der Waals surface area contributed by atoms with E-state index in [-0.39, 0.29) is 23.7 Å². The maximum atomic E-state index is 12.8. The van der Waals surface area contributed by atoms with E-state index in [9.17, 15) is 22.8 Å². The Hall–Kier alpha value is -4.30. The third-order valence-corrected chi connectivity index (χ3v) is 7.57. The molecule has 2 aromatic carbocycles. The van der Waals surface area contributed by atoms with Crippen LogP contribution < -0.4 is 15.8 Å². The highest BCUT2D eigenvalue weighted by Gasteiger charge is 2.29. The zero-order valence-electron chi connectivity index (χ0n) is 24.0. The second-order valence-electron chi connectivity index (χ2n) is 10.5. The molecule has 0 aromatic heterocycles. The largest absolute Gasteiger partial charge is 0.468 e. The van der Waals surface area contributed by atoms with Gasteiger partial charge in [-0.05, 0) is 44.9 Å². The number of nitrogens with zero attached hydrogens (tertiary/aromatic N) is 2. The minimum atomic E-state index is -4.06. The Kier molecular flexibility index (Phi) is 10.4. The first-order valence-corrected chi connectivity index (χ1v) is 14.5. The number of methoxy groups -OCH3 is 1. The fourth-order valence-corrected chi connectivity index (χ4v) is 5.34. The Labute approximate surface area is 244 Å². The number of esters is 1. The highest BCUT2D eigenvalue weighted by atomic mass is 32.2. The van der Waals surface area contributed by atoms with Gasteiger partial charge in [0.2, 0.25) is 15.9 Å². The number of amidine groups is 1. The Bertz CT molecular complexity index is 1480. The summed E-state index contributed by atoms with van der Waals surface area (Å²) in [5.41, 5.74) is 7.57. The number of nitrogens with two attached hydrogens (primary N) is 1. The topological polar surface area (TPSA) is 188 Å². The van der Waals surface area contributed by atoms with Crippen LogP contribution in [0.15, 0.2) is 63.6 Å². The Morgan fingerprint density at radius 2 is 1.81 bits per heavy atom. The van der Waals surface area contributed by atoms with Crippen LogP contribution in [-0.2, 0) is 33.9 Å². The molecule has 2 amide bonds. The number of carbonyl (C=O) groups is 3. The summed E-state index contributed by atoms with van der Waals surface area (Å²) in [6, 6.07) is 11.8. The summed E-state index contributed by atoms with van der Waals surface area (Å²) in [4.78, 5) is 45.9. The predicted octanol–water partition coefficient (Wildman–Crippen LogP) is 2.15. The number of hydrogen-bond donors (Lipinski definition) is 3. The van der Waals surface area contributed by atoms with Crippen LogP contribution in [0.25, 0.3) is 0 Å². The maximum Gasteiger partial charge on any atom is 0.436 e. The summed E-state index contributed by atoms with van der Waals surface area (Å²) in [5, 5.41) is 6.62. The van der Waals surface area contributed by atoms with Crippen LogP contribution in [0.2, 0.25) is 0 Å². The summed E-state index contributed by atoms with van der Waals surface area (Å²) >= 11 is 0. The average Bonchev–Trinajstić information content (AvgIpc) is 3.38. The molecule has 0 radical (unpaired) electrons. The van der Waals surface area contributed by atoms with E-state index in [1.165, 1.54) is 6.07 Å². The highest BCUT2D eigenvalue weighted by Crippen LogP contribution is 2.20. The molecule has 13 nitrogen and oxygen atoms in total. The smallest absolute Gasteiger partial charge is 0.436 e. The molecule has 4 N–H and O–H groups in total. The minimum absolute atomic E-state index is 0.00131. The molecular formula is C28H35N5O8S. The molecule has 14 heteroatoms. The molecular weight excluding hydrogens is 566 g/mol. The van der Waals surface area contributed by atoms with Gasteiger partial charge in [0.05, 0.1) is 24.1 Å². The van der Waals surface area contributed by atoms with Crippen LogP contribution in [-0.4, -0.2) is 69.3 Å². The molecule has 0 saturated heterocycles. The standard InChI is InChI=1S/C28H35N5O8S/c1-17-8-6-7-9-23(17)42(37,38)33-22(26(35)39-5)16-30-24(34)15-20-14-21(32-41-20)18-10-12-19(13-11-18)25(29)31-27(36)40-28(2,3)4/h6-13,20,22,33H,14-16H2,1-5H3,(H,30,34)(H2,29,31,36)/t20?,22-/m0/s1. The van der Waals surface area contributed by atoms with Gasteiger partial charge in [-0.25, -0.2) is 13.2 Å². The van der Waals surface area contributed by atoms with Gasteiger partial charge < -0.3 is 25.4 Å². The van der Waals surface area contributed by atoms with Crippen molar-refractivity contribution in [3.05, 3.63) is 65.2 Å². The highest BCUT2D eigenvalue weighted by molar-refractivity contribution is 7.89. The van der Waals surface area contributed by atoms with Gasteiger partial charge in [-0.15, -0.1) is 0 Å². The van der Waals surface area contributed by atoms with Crippen LogP contribution in [0.4, 0.5) is 4.79 Å². The van der Waals surface area contributed by atoms with Crippen molar-refractivity contribution in [2.75, 3.05) is 13.7 Å². The fourth-order valence-electron chi connectivity index (χ4n) is 3.91. The monoisotopic (exact) mass is 601 g/mol. The summed E-state index contributed by atoms with van der Waals surface area (Å²) in [7, 11) is -2.93. The summed E-state index contributed by atoms with van der Waals surface area (Å²) in [6.45, 7) is 6.48. The molecule has 0 fully saturated rings. The number of benzene rings is 2. The van der Waals surface area contributed by atoms with Gasteiger partial charge in [-0.2, -0.15) is 9.71 Å². The number of oxime groups is 1. The van der Waals surface area contributed by atoms with Gasteiger partial charge in [0.1, 0.15) is 23.6 Å². The Morgan fingerprint density at radius 3 is 2.43 bits per heavy atom. The zero-order chi connectivity index (χ0) is 31.1. The predicted molar refractivity (Wildman–Crippen MR) is 154 cm³/mol. The number of ether oxygens (including phenoxy) is 2. The van der Waals surface area contributed by atoms with Crippen LogP contribution in [0.3, 0.4) is 0 Å². The molecule has 2 aromatic rings. The first-order chi connectivity index (χ1) is 19.7. The lowest BCUT2D eigenvalue weighted by Gasteiger charge is -2.18. The fraction of sp³-hybridized carbons (Fsp3) is 0.393. The molecule has 2 atom stereocenters. The van der Waals surface area contributed by atoms with Crippen LogP contribution in [0.1, 0.15) is 50.3 Å². The van der Waals surface area contributed by atoms with Gasteiger partial charge in [-0.1, -0.05) is 47.6 Å². The van der Waals surface area contributed by atoms with Gasteiger partial charge >= 0.3 is 12.1 Å². The molecule has 1 unspecified atom stereocenters. The number of amides is 2. The van der Waals surface area contributed by atoms with E-state index < -0.39 is 45.7 Å². The average molecular weight is 602 g/mol. The molecule has 3 rings (SSSR count). The van der Waals surface area contributed by atoms with Crippen molar-refractivity contribution in [3.63, 3.8) is 0 Å². The van der Waals surface area contributed by atoms with Gasteiger partial charge in [0.25, 0.3) is 0 Å². The number of aryl methyl sites for hydroxylation is 1. The van der Waals surface area contributed by atoms with Crippen molar-refractivity contribution >= 4 is 39.5 Å². The summed E-state index contributed by atoms with van der Waals surface area (Å²) in [6.07, 6.45) is -1.12. The molecule has 1 aliphatic heterocycles. The van der Waals surface area contributed by atoms with E-state index in [4.69, 9.17) is 20.0 Å². The molecule has 226 valence electrons. The van der Waals surface area contributed by atoms with Gasteiger partial charge in [0, 0.05) is 18.5 Å². The normalized spacial score (nSPS) is 16.2. The lowest BCUT2D eigenvalue weighted by Crippen LogP contribution is -2.49. The number of hydrogen-bond acceptors (Lipinski definition) is 9. The van der Waals surface area contributed by atoms with Gasteiger partial charge in [0.15, 0.2) is 0 Å². The van der Waals surface area contributed by atoms with E-state index in [2.05, 4.69) is 20.2 Å². The summed E-state index contributed by atoms with van der Waals surface area (Å²) < 4.78 is 37.8. The van der Waals surface area contributed by atoms with Crippen molar-refractivity contribution in [3.8, 4) is 0 Å².